The fourth-order valence-electron chi connectivity index (χ4n) is 2.93. The summed E-state index contributed by atoms with van der Waals surface area (Å²) in [6.07, 6.45) is 1.53. The van der Waals surface area contributed by atoms with Gasteiger partial charge in [-0.3, -0.25) is 14.5 Å². The molecule has 0 unspecified atom stereocenters. The van der Waals surface area contributed by atoms with Crippen LogP contribution >= 0.6 is 11.8 Å². The minimum Gasteiger partial charge on any atom is -0.457 e. The number of hydrogen-bond acceptors (Lipinski definition) is 6. The second kappa shape index (κ2) is 7.94. The van der Waals surface area contributed by atoms with Crippen molar-refractivity contribution in [3.05, 3.63) is 83.0 Å². The molecule has 3 aromatic rings. The molecule has 1 aromatic heterocycles. The Bertz CT molecular complexity index is 1250. The van der Waals surface area contributed by atoms with Crippen molar-refractivity contribution in [1.82, 2.24) is 4.90 Å². The van der Waals surface area contributed by atoms with Crippen molar-refractivity contribution in [1.29, 1.82) is 0 Å². The molecule has 0 saturated carbocycles. The maximum Gasteiger partial charge on any atom is 0.293 e. The topological polar surface area (TPSA) is 111 Å². The number of hydrogen-bond donors (Lipinski definition) is 1. The zero-order valence-electron chi connectivity index (χ0n) is 15.5. The van der Waals surface area contributed by atoms with Gasteiger partial charge in [-0.15, -0.1) is 0 Å². The highest BCUT2D eigenvalue weighted by atomic mass is 32.2. The molecule has 0 aliphatic carbocycles. The van der Waals surface area contributed by atoms with E-state index in [4.69, 9.17) is 9.56 Å². The molecular weight excluding hydrogens is 424 g/mol. The van der Waals surface area contributed by atoms with Gasteiger partial charge in [-0.1, -0.05) is 30.3 Å². The molecule has 2 heterocycles. The van der Waals surface area contributed by atoms with Gasteiger partial charge in [-0.05, 0) is 53.7 Å². The molecule has 30 heavy (non-hydrogen) atoms. The monoisotopic (exact) mass is 440 g/mol. The van der Waals surface area contributed by atoms with Gasteiger partial charge >= 0.3 is 0 Å². The number of furan rings is 1. The highest BCUT2D eigenvalue weighted by molar-refractivity contribution is 8.18. The van der Waals surface area contributed by atoms with Crippen LogP contribution in [0.15, 0.2) is 80.9 Å². The number of rotatable bonds is 5. The normalized spacial score (nSPS) is 15.9. The molecule has 2 N–H and O–H groups in total. The SMILES string of the molecule is NS(=O)(=O)c1ccc(-c2ccc(C=C3SC(=O)N(Cc4ccccc4)C3=O)o2)cc1. The highest BCUT2D eigenvalue weighted by Gasteiger charge is 2.35. The zero-order valence-corrected chi connectivity index (χ0v) is 17.2. The fraction of sp³-hybridized carbons (Fsp3) is 0.0476. The standard InChI is InChI=1S/C21H16N2O5S2/c22-30(26,27)17-9-6-15(7-10-17)18-11-8-16(28-18)12-19-20(24)23(21(25)29-19)13-14-4-2-1-3-5-14/h1-12H,13H2,(H2,22,26,27). The number of carbonyl (C=O) groups excluding carboxylic acids is 2. The Kier molecular flexibility index (Phi) is 5.33. The first-order valence-corrected chi connectivity index (χ1v) is 11.2. The van der Waals surface area contributed by atoms with Crippen LogP contribution in [0.3, 0.4) is 0 Å². The summed E-state index contributed by atoms with van der Waals surface area (Å²) >= 11 is 0.864. The third-order valence-electron chi connectivity index (χ3n) is 4.42. The minimum absolute atomic E-state index is 0.00474. The van der Waals surface area contributed by atoms with Crippen molar-refractivity contribution in [3.63, 3.8) is 0 Å². The summed E-state index contributed by atoms with van der Waals surface area (Å²) in [6.45, 7) is 0.211. The van der Waals surface area contributed by atoms with E-state index in [0.29, 0.717) is 17.1 Å². The van der Waals surface area contributed by atoms with Crippen molar-refractivity contribution in [2.24, 2.45) is 5.14 Å². The molecule has 2 aromatic carbocycles. The van der Waals surface area contributed by atoms with Gasteiger partial charge in [0.2, 0.25) is 10.0 Å². The Morgan fingerprint density at radius 3 is 2.33 bits per heavy atom. The van der Waals surface area contributed by atoms with Crippen LogP contribution in [-0.2, 0) is 21.4 Å². The molecule has 4 rings (SSSR count). The quantitative estimate of drug-likeness (QED) is 0.604. The summed E-state index contributed by atoms with van der Waals surface area (Å²) in [7, 11) is -3.77. The number of carbonyl (C=O) groups is 2. The first kappa shape index (κ1) is 20.1. The van der Waals surface area contributed by atoms with Gasteiger partial charge in [-0.25, -0.2) is 13.6 Å². The van der Waals surface area contributed by atoms with E-state index in [9.17, 15) is 18.0 Å². The lowest BCUT2D eigenvalue weighted by Gasteiger charge is -2.11. The lowest BCUT2D eigenvalue weighted by atomic mass is 10.2. The van der Waals surface area contributed by atoms with Crippen LogP contribution in [0.5, 0.6) is 0 Å². The second-order valence-corrected chi connectivity index (χ2v) is 9.08. The number of benzene rings is 2. The van der Waals surface area contributed by atoms with E-state index in [0.717, 1.165) is 17.3 Å². The molecule has 1 fully saturated rings. The third kappa shape index (κ3) is 4.23. The molecule has 0 atom stereocenters. The van der Waals surface area contributed by atoms with Crippen LogP contribution in [0.2, 0.25) is 0 Å². The third-order valence-corrected chi connectivity index (χ3v) is 6.26. The van der Waals surface area contributed by atoms with Gasteiger partial charge in [0.05, 0.1) is 16.3 Å². The van der Waals surface area contributed by atoms with Crippen molar-refractivity contribution < 1.29 is 22.4 Å². The largest absolute Gasteiger partial charge is 0.457 e. The van der Waals surface area contributed by atoms with Gasteiger partial charge in [0.15, 0.2) is 0 Å². The molecule has 0 spiro atoms. The number of thioether (sulfide) groups is 1. The van der Waals surface area contributed by atoms with Crippen molar-refractivity contribution >= 4 is 39.0 Å². The van der Waals surface area contributed by atoms with Gasteiger partial charge in [-0.2, -0.15) is 0 Å². The van der Waals surface area contributed by atoms with E-state index in [1.807, 2.05) is 30.3 Å². The van der Waals surface area contributed by atoms with E-state index in [-0.39, 0.29) is 27.5 Å². The number of sulfonamides is 1. The van der Waals surface area contributed by atoms with Crippen LogP contribution in [-0.4, -0.2) is 24.5 Å². The number of amides is 2. The van der Waals surface area contributed by atoms with Crippen LogP contribution in [0.25, 0.3) is 17.4 Å². The first-order chi connectivity index (χ1) is 14.3. The molecule has 9 heteroatoms. The van der Waals surface area contributed by atoms with Gasteiger partial charge in [0.25, 0.3) is 11.1 Å². The lowest BCUT2D eigenvalue weighted by Crippen LogP contribution is -2.27. The smallest absolute Gasteiger partial charge is 0.293 e. The number of primary sulfonamides is 1. The maximum absolute atomic E-state index is 12.6. The van der Waals surface area contributed by atoms with Gasteiger partial charge < -0.3 is 4.42 Å². The zero-order chi connectivity index (χ0) is 21.3. The number of nitrogens with zero attached hydrogens (tertiary/aromatic N) is 1. The van der Waals surface area contributed by atoms with E-state index >= 15 is 0 Å². The lowest BCUT2D eigenvalue weighted by molar-refractivity contribution is -0.123. The predicted molar refractivity (Wildman–Crippen MR) is 113 cm³/mol. The van der Waals surface area contributed by atoms with Crippen LogP contribution in [0.1, 0.15) is 11.3 Å². The Labute approximate surface area is 177 Å². The van der Waals surface area contributed by atoms with E-state index in [1.165, 1.54) is 23.1 Å². The first-order valence-electron chi connectivity index (χ1n) is 8.83. The van der Waals surface area contributed by atoms with Crippen LogP contribution < -0.4 is 5.14 Å². The summed E-state index contributed by atoms with van der Waals surface area (Å²) in [5, 5.41) is 4.77. The molecule has 2 amide bonds. The fourth-order valence-corrected chi connectivity index (χ4v) is 4.26. The molecule has 152 valence electrons. The van der Waals surface area contributed by atoms with Gasteiger partial charge in [0, 0.05) is 11.6 Å². The van der Waals surface area contributed by atoms with Crippen LogP contribution in [0, 0.1) is 0 Å². The molecule has 1 saturated heterocycles. The molecular formula is C21H16N2O5S2. The van der Waals surface area contributed by atoms with E-state index in [2.05, 4.69) is 0 Å². The Hall–Kier alpha value is -3.14. The van der Waals surface area contributed by atoms with Crippen molar-refractivity contribution in [3.8, 4) is 11.3 Å². The van der Waals surface area contributed by atoms with Gasteiger partial charge in [0.1, 0.15) is 11.5 Å². The van der Waals surface area contributed by atoms with Crippen LogP contribution in [0.4, 0.5) is 4.79 Å². The minimum atomic E-state index is -3.77. The average molecular weight is 441 g/mol. The summed E-state index contributed by atoms with van der Waals surface area (Å²) in [5.74, 6) is 0.528. The Morgan fingerprint density at radius 1 is 0.967 bits per heavy atom. The van der Waals surface area contributed by atoms with Crippen molar-refractivity contribution in [2.75, 3.05) is 0 Å². The molecule has 7 nitrogen and oxygen atoms in total. The summed E-state index contributed by atoms with van der Waals surface area (Å²) in [4.78, 5) is 26.4. The van der Waals surface area contributed by atoms with E-state index in [1.54, 1.807) is 24.3 Å². The second-order valence-electron chi connectivity index (χ2n) is 6.52. The average Bonchev–Trinajstić information content (AvgIpc) is 3.29. The van der Waals surface area contributed by atoms with Crippen molar-refractivity contribution in [2.45, 2.75) is 11.4 Å². The number of nitrogens with two attached hydrogens (primary N) is 1. The molecule has 1 aliphatic rings. The summed E-state index contributed by atoms with van der Waals surface area (Å²) < 4.78 is 28.5. The predicted octanol–water partition coefficient (Wildman–Crippen LogP) is 3.83. The molecule has 0 bridgehead atoms. The maximum atomic E-state index is 12.6. The molecule has 0 radical (unpaired) electrons. The summed E-state index contributed by atoms with van der Waals surface area (Å²) in [6, 6.07) is 18.6. The van der Waals surface area contributed by atoms with E-state index < -0.39 is 10.0 Å². The summed E-state index contributed by atoms with van der Waals surface area (Å²) in [5.41, 5.74) is 1.52. The molecule has 1 aliphatic heterocycles. The highest BCUT2D eigenvalue weighted by Crippen LogP contribution is 2.34. The Morgan fingerprint density at radius 2 is 1.67 bits per heavy atom. The Balaban J connectivity index is 1.53. The number of imide groups is 1.